The summed E-state index contributed by atoms with van der Waals surface area (Å²) in [5.41, 5.74) is 5.19. The molecule has 3 atom stereocenters. The average Bonchev–Trinajstić information content (AvgIpc) is 2.98. The summed E-state index contributed by atoms with van der Waals surface area (Å²) in [6.45, 7) is 3.71. The van der Waals surface area contributed by atoms with Crippen molar-refractivity contribution >= 4 is 5.91 Å². The largest absolute Gasteiger partial charge is 0.350 e. The lowest BCUT2D eigenvalue weighted by Gasteiger charge is -2.27. The molecule has 18 heavy (non-hydrogen) atoms. The maximum absolute atomic E-state index is 12.1. The van der Waals surface area contributed by atoms with E-state index in [-0.39, 0.29) is 11.9 Å². The monoisotopic (exact) mass is 250 g/mol. The minimum absolute atomic E-state index is 0.0537. The zero-order valence-corrected chi connectivity index (χ0v) is 11.1. The SMILES string of the molecule is CCC(C)(N)C(=O)NC1CCCC1n1ccnc1. The molecule has 1 aromatic rings. The number of carbonyl (C=O) groups is 1. The van der Waals surface area contributed by atoms with Crippen LogP contribution in [-0.2, 0) is 4.79 Å². The van der Waals surface area contributed by atoms with Crippen molar-refractivity contribution in [1.29, 1.82) is 0 Å². The zero-order valence-electron chi connectivity index (χ0n) is 11.1. The van der Waals surface area contributed by atoms with E-state index in [1.54, 1.807) is 13.1 Å². The van der Waals surface area contributed by atoms with E-state index in [0.717, 1.165) is 19.3 Å². The number of hydrogen-bond acceptors (Lipinski definition) is 3. The molecule has 1 amide bonds. The Morgan fingerprint density at radius 3 is 3.00 bits per heavy atom. The Bertz CT molecular complexity index is 399. The standard InChI is InChI=1S/C13H22N4O/c1-3-13(2,14)12(18)16-10-5-4-6-11(10)17-8-7-15-9-17/h7-11H,3-6,14H2,1-2H3,(H,16,18). The zero-order chi connectivity index (χ0) is 13.2. The maximum Gasteiger partial charge on any atom is 0.240 e. The lowest BCUT2D eigenvalue weighted by Crippen LogP contribution is -2.54. The van der Waals surface area contributed by atoms with Gasteiger partial charge in [-0.3, -0.25) is 4.79 Å². The quantitative estimate of drug-likeness (QED) is 0.844. The second-order valence-electron chi connectivity index (χ2n) is 5.36. The third-order valence-electron chi connectivity index (χ3n) is 3.96. The predicted octanol–water partition coefficient (Wildman–Crippen LogP) is 1.22. The molecule has 5 heteroatoms. The number of carbonyl (C=O) groups excluding carboxylic acids is 1. The molecule has 0 spiro atoms. The second-order valence-corrected chi connectivity index (χ2v) is 5.36. The first-order valence-electron chi connectivity index (χ1n) is 6.62. The van der Waals surface area contributed by atoms with Crippen molar-refractivity contribution in [1.82, 2.24) is 14.9 Å². The molecule has 1 saturated carbocycles. The molecule has 1 fully saturated rings. The van der Waals surface area contributed by atoms with Crippen molar-refractivity contribution < 1.29 is 4.79 Å². The van der Waals surface area contributed by atoms with Gasteiger partial charge in [-0.05, 0) is 32.6 Å². The first kappa shape index (κ1) is 13.1. The summed E-state index contributed by atoms with van der Waals surface area (Å²) in [6, 6.07) is 0.477. The van der Waals surface area contributed by atoms with E-state index < -0.39 is 5.54 Å². The lowest BCUT2D eigenvalue weighted by molar-refractivity contribution is -0.126. The highest BCUT2D eigenvalue weighted by atomic mass is 16.2. The van der Waals surface area contributed by atoms with Crippen LogP contribution in [0.5, 0.6) is 0 Å². The molecule has 2 rings (SSSR count). The van der Waals surface area contributed by atoms with Crippen LogP contribution in [0.15, 0.2) is 18.7 Å². The molecule has 0 aromatic carbocycles. The van der Waals surface area contributed by atoms with Crippen LogP contribution in [0.4, 0.5) is 0 Å². The van der Waals surface area contributed by atoms with Gasteiger partial charge in [-0.15, -0.1) is 0 Å². The Hall–Kier alpha value is -1.36. The Morgan fingerprint density at radius 1 is 1.61 bits per heavy atom. The fourth-order valence-corrected chi connectivity index (χ4v) is 2.43. The predicted molar refractivity (Wildman–Crippen MR) is 69.9 cm³/mol. The minimum Gasteiger partial charge on any atom is -0.350 e. The lowest BCUT2D eigenvalue weighted by atomic mass is 9.98. The maximum atomic E-state index is 12.1. The Morgan fingerprint density at radius 2 is 2.39 bits per heavy atom. The molecule has 0 saturated heterocycles. The van der Waals surface area contributed by atoms with Gasteiger partial charge in [-0.2, -0.15) is 0 Å². The molecule has 0 aliphatic heterocycles. The van der Waals surface area contributed by atoms with Crippen LogP contribution >= 0.6 is 0 Å². The van der Waals surface area contributed by atoms with Crippen LogP contribution in [0.3, 0.4) is 0 Å². The molecule has 0 radical (unpaired) electrons. The molecule has 1 aromatic heterocycles. The van der Waals surface area contributed by atoms with Gasteiger partial charge in [-0.1, -0.05) is 6.92 Å². The van der Waals surface area contributed by atoms with Crippen molar-refractivity contribution in [2.75, 3.05) is 0 Å². The number of nitrogens with one attached hydrogen (secondary N) is 1. The number of amides is 1. The highest BCUT2D eigenvalue weighted by Gasteiger charge is 2.34. The van der Waals surface area contributed by atoms with Crippen LogP contribution in [0.25, 0.3) is 0 Å². The van der Waals surface area contributed by atoms with E-state index >= 15 is 0 Å². The third kappa shape index (κ3) is 2.56. The van der Waals surface area contributed by atoms with Gasteiger partial charge in [0.15, 0.2) is 0 Å². The van der Waals surface area contributed by atoms with Crippen LogP contribution < -0.4 is 11.1 Å². The fraction of sp³-hybridized carbons (Fsp3) is 0.692. The van der Waals surface area contributed by atoms with Gasteiger partial charge in [0.05, 0.1) is 17.9 Å². The van der Waals surface area contributed by atoms with E-state index in [4.69, 9.17) is 5.73 Å². The second kappa shape index (κ2) is 5.10. The topological polar surface area (TPSA) is 72.9 Å². The van der Waals surface area contributed by atoms with E-state index in [2.05, 4.69) is 14.9 Å². The van der Waals surface area contributed by atoms with Gasteiger partial charge >= 0.3 is 0 Å². The molecule has 100 valence electrons. The van der Waals surface area contributed by atoms with E-state index in [0.29, 0.717) is 12.5 Å². The van der Waals surface area contributed by atoms with Crippen LogP contribution in [-0.4, -0.2) is 27.0 Å². The minimum atomic E-state index is -0.776. The van der Waals surface area contributed by atoms with Crippen LogP contribution in [0.2, 0.25) is 0 Å². The summed E-state index contributed by atoms with van der Waals surface area (Å²) in [4.78, 5) is 16.2. The van der Waals surface area contributed by atoms with Crippen molar-refractivity contribution in [2.45, 2.75) is 57.2 Å². The van der Waals surface area contributed by atoms with Crippen molar-refractivity contribution in [3.05, 3.63) is 18.7 Å². The van der Waals surface area contributed by atoms with Gasteiger partial charge in [0, 0.05) is 18.4 Å². The van der Waals surface area contributed by atoms with Gasteiger partial charge in [-0.25, -0.2) is 4.98 Å². The first-order chi connectivity index (χ1) is 8.54. The summed E-state index contributed by atoms with van der Waals surface area (Å²) < 4.78 is 2.08. The van der Waals surface area contributed by atoms with Crippen LogP contribution in [0.1, 0.15) is 45.6 Å². The number of nitrogens with zero attached hydrogens (tertiary/aromatic N) is 2. The third-order valence-corrected chi connectivity index (χ3v) is 3.96. The highest BCUT2D eigenvalue weighted by molar-refractivity contribution is 5.85. The highest BCUT2D eigenvalue weighted by Crippen LogP contribution is 2.30. The summed E-state index contributed by atoms with van der Waals surface area (Å²) >= 11 is 0. The Labute approximate surface area is 108 Å². The van der Waals surface area contributed by atoms with E-state index in [1.165, 1.54) is 0 Å². The molecule has 1 aliphatic carbocycles. The smallest absolute Gasteiger partial charge is 0.240 e. The fourth-order valence-electron chi connectivity index (χ4n) is 2.43. The number of hydrogen-bond donors (Lipinski definition) is 2. The number of rotatable bonds is 4. The number of aromatic nitrogens is 2. The average molecular weight is 250 g/mol. The Kier molecular flexibility index (Phi) is 3.71. The first-order valence-corrected chi connectivity index (χ1v) is 6.62. The molecular formula is C13H22N4O. The summed E-state index contributed by atoms with van der Waals surface area (Å²) in [5, 5.41) is 3.10. The molecule has 1 aliphatic rings. The van der Waals surface area contributed by atoms with Crippen molar-refractivity contribution in [2.24, 2.45) is 5.73 Å². The molecule has 3 unspecified atom stereocenters. The van der Waals surface area contributed by atoms with Crippen molar-refractivity contribution in [3.8, 4) is 0 Å². The van der Waals surface area contributed by atoms with Crippen LogP contribution in [0, 0.1) is 0 Å². The Balaban J connectivity index is 2.03. The van der Waals surface area contributed by atoms with Gasteiger partial charge < -0.3 is 15.6 Å². The summed E-state index contributed by atoms with van der Waals surface area (Å²) in [7, 11) is 0. The van der Waals surface area contributed by atoms with E-state index in [9.17, 15) is 4.79 Å². The summed E-state index contributed by atoms with van der Waals surface area (Å²) in [5.74, 6) is -0.0537. The van der Waals surface area contributed by atoms with Gasteiger partial charge in [0.25, 0.3) is 0 Å². The van der Waals surface area contributed by atoms with Crippen molar-refractivity contribution in [3.63, 3.8) is 0 Å². The number of imidazole rings is 1. The molecule has 0 bridgehead atoms. The van der Waals surface area contributed by atoms with E-state index in [1.807, 2.05) is 19.4 Å². The molecule has 1 heterocycles. The van der Waals surface area contributed by atoms with Gasteiger partial charge in [0.2, 0.25) is 5.91 Å². The summed E-state index contributed by atoms with van der Waals surface area (Å²) in [6.07, 6.45) is 9.40. The normalized spacial score (nSPS) is 26.8. The number of nitrogens with two attached hydrogens (primary N) is 1. The molecular weight excluding hydrogens is 228 g/mol. The molecule has 5 nitrogen and oxygen atoms in total. The van der Waals surface area contributed by atoms with Gasteiger partial charge in [0.1, 0.15) is 0 Å². The molecule has 3 N–H and O–H groups in total.